The summed E-state index contributed by atoms with van der Waals surface area (Å²) in [5, 5.41) is 3.99. The quantitative estimate of drug-likeness (QED) is 0.853. The molecule has 2 aromatic rings. The predicted octanol–water partition coefficient (Wildman–Crippen LogP) is 3.11. The van der Waals surface area contributed by atoms with Gasteiger partial charge < -0.3 is 16.0 Å². The minimum absolute atomic E-state index is 0.557. The molecule has 2 heterocycles. The monoisotopic (exact) mass is 306 g/mol. The molecule has 21 heavy (non-hydrogen) atoms. The summed E-state index contributed by atoms with van der Waals surface area (Å²) in [5.41, 5.74) is 7.78. The van der Waals surface area contributed by atoms with Gasteiger partial charge in [-0.1, -0.05) is 13.3 Å². The van der Waals surface area contributed by atoms with Crippen molar-refractivity contribution in [2.75, 3.05) is 29.5 Å². The molecule has 2 aromatic heterocycles. The lowest BCUT2D eigenvalue weighted by Crippen LogP contribution is -2.21. The second kappa shape index (κ2) is 6.71. The van der Waals surface area contributed by atoms with Gasteiger partial charge in [-0.3, -0.25) is 0 Å². The van der Waals surface area contributed by atoms with Gasteiger partial charge in [0.25, 0.3) is 0 Å². The highest BCUT2D eigenvalue weighted by molar-refractivity contribution is 7.15. The van der Waals surface area contributed by atoms with Crippen LogP contribution in [-0.4, -0.2) is 28.5 Å². The second-order valence-electron chi connectivity index (χ2n) is 5.02. The number of anilines is 4. The van der Waals surface area contributed by atoms with Crippen LogP contribution < -0.4 is 16.0 Å². The number of unbranched alkanes of at least 4 members (excludes halogenated alkanes) is 1. The molecule has 0 radical (unpaired) electrons. The highest BCUT2D eigenvalue weighted by Crippen LogP contribution is 2.30. The minimum atomic E-state index is 0.557. The van der Waals surface area contributed by atoms with Gasteiger partial charge in [-0.25, -0.2) is 15.0 Å². The molecule has 0 spiro atoms. The predicted molar refractivity (Wildman–Crippen MR) is 89.5 cm³/mol. The van der Waals surface area contributed by atoms with Crippen molar-refractivity contribution in [3.63, 3.8) is 0 Å². The molecule has 0 atom stereocenters. The van der Waals surface area contributed by atoms with E-state index in [1.165, 1.54) is 11.2 Å². The summed E-state index contributed by atoms with van der Waals surface area (Å²) < 4.78 is 0. The van der Waals surface area contributed by atoms with Gasteiger partial charge in [-0.05, 0) is 20.3 Å². The molecule has 0 aliphatic rings. The van der Waals surface area contributed by atoms with Crippen molar-refractivity contribution in [3.05, 3.63) is 16.9 Å². The fourth-order valence-corrected chi connectivity index (χ4v) is 2.73. The molecule has 0 fully saturated rings. The number of nitrogens with zero attached hydrogens (tertiary/aromatic N) is 4. The Balaban J connectivity index is 2.21. The van der Waals surface area contributed by atoms with E-state index in [-0.39, 0.29) is 0 Å². The Morgan fingerprint density at radius 3 is 2.71 bits per heavy atom. The molecule has 0 bridgehead atoms. The summed E-state index contributed by atoms with van der Waals surface area (Å²) in [7, 11) is 2.00. The number of rotatable bonds is 6. The van der Waals surface area contributed by atoms with Crippen LogP contribution in [0.25, 0.3) is 0 Å². The van der Waals surface area contributed by atoms with Gasteiger partial charge in [0, 0.05) is 18.5 Å². The number of nitrogen functional groups attached to an aromatic ring is 1. The summed E-state index contributed by atoms with van der Waals surface area (Å²) in [6.45, 7) is 7.12. The van der Waals surface area contributed by atoms with E-state index in [4.69, 9.17) is 5.73 Å². The van der Waals surface area contributed by atoms with Crippen LogP contribution in [0.2, 0.25) is 0 Å². The summed E-state index contributed by atoms with van der Waals surface area (Å²) in [6.07, 6.45) is 3.77. The third-order valence-corrected chi connectivity index (χ3v) is 4.31. The molecule has 0 aliphatic carbocycles. The lowest BCUT2D eigenvalue weighted by molar-refractivity contribution is 0.759. The zero-order valence-corrected chi connectivity index (χ0v) is 13.8. The van der Waals surface area contributed by atoms with Crippen molar-refractivity contribution < 1.29 is 0 Å². The maximum Gasteiger partial charge on any atom is 0.188 e. The Bertz CT molecular complexity index is 590. The highest BCUT2D eigenvalue weighted by atomic mass is 32.1. The van der Waals surface area contributed by atoms with Gasteiger partial charge in [0.1, 0.15) is 12.0 Å². The van der Waals surface area contributed by atoms with Gasteiger partial charge in [-0.2, -0.15) is 0 Å². The number of aryl methyl sites for hydroxylation is 2. The molecule has 2 rings (SSSR count). The molecule has 3 N–H and O–H groups in total. The molecule has 0 amide bonds. The van der Waals surface area contributed by atoms with E-state index in [2.05, 4.69) is 32.1 Å². The van der Waals surface area contributed by atoms with Crippen LogP contribution in [0.15, 0.2) is 6.33 Å². The van der Waals surface area contributed by atoms with Crippen LogP contribution in [0.4, 0.5) is 22.5 Å². The van der Waals surface area contributed by atoms with Crippen LogP contribution in [0.1, 0.15) is 30.3 Å². The van der Waals surface area contributed by atoms with Gasteiger partial charge in [0.05, 0.1) is 5.69 Å². The van der Waals surface area contributed by atoms with Crippen molar-refractivity contribution in [3.8, 4) is 0 Å². The van der Waals surface area contributed by atoms with Gasteiger partial charge >= 0.3 is 0 Å². The van der Waals surface area contributed by atoms with Crippen LogP contribution in [0, 0.1) is 13.8 Å². The minimum Gasteiger partial charge on any atom is -0.393 e. The molecule has 114 valence electrons. The Morgan fingerprint density at radius 2 is 2.10 bits per heavy atom. The summed E-state index contributed by atoms with van der Waals surface area (Å²) in [5.74, 6) is 1.36. The average molecular weight is 306 g/mol. The number of hydrogen-bond donors (Lipinski definition) is 2. The van der Waals surface area contributed by atoms with Gasteiger partial charge in [0.15, 0.2) is 16.8 Å². The van der Waals surface area contributed by atoms with E-state index in [0.717, 1.165) is 36.0 Å². The molecule has 0 saturated heterocycles. The first kappa shape index (κ1) is 15.5. The topological polar surface area (TPSA) is 80.0 Å². The second-order valence-corrected chi connectivity index (χ2v) is 6.22. The molecule has 0 saturated carbocycles. The normalized spacial score (nSPS) is 10.7. The zero-order chi connectivity index (χ0) is 15.4. The van der Waals surface area contributed by atoms with Crippen molar-refractivity contribution in [2.24, 2.45) is 0 Å². The molecule has 6 nitrogen and oxygen atoms in total. The lowest BCUT2D eigenvalue weighted by Gasteiger charge is -2.20. The van der Waals surface area contributed by atoms with Crippen molar-refractivity contribution in [2.45, 2.75) is 33.6 Å². The van der Waals surface area contributed by atoms with Crippen LogP contribution in [0.3, 0.4) is 0 Å². The molecule has 0 aromatic carbocycles. The molecule has 0 aliphatic heterocycles. The Labute approximate surface area is 129 Å². The van der Waals surface area contributed by atoms with E-state index in [1.807, 2.05) is 20.9 Å². The van der Waals surface area contributed by atoms with Gasteiger partial charge in [0.2, 0.25) is 0 Å². The van der Waals surface area contributed by atoms with E-state index in [9.17, 15) is 0 Å². The standard InChI is InChI=1S/C14H22N6S/c1-5-6-7-20(4)13-11(15)12(16-8-17-13)19-14-18-9(2)10(3)21-14/h8H,5-7,15H2,1-4H3,(H,16,17,18,19). The Hall–Kier alpha value is -1.89. The van der Waals surface area contributed by atoms with Crippen LogP contribution in [0.5, 0.6) is 0 Å². The van der Waals surface area contributed by atoms with E-state index in [0.29, 0.717) is 11.5 Å². The molecule has 7 heteroatoms. The molecular formula is C14H22N6S. The van der Waals surface area contributed by atoms with Crippen LogP contribution >= 0.6 is 11.3 Å². The van der Waals surface area contributed by atoms with E-state index >= 15 is 0 Å². The number of hydrogen-bond acceptors (Lipinski definition) is 7. The third kappa shape index (κ3) is 3.60. The lowest BCUT2D eigenvalue weighted by atomic mass is 10.3. The number of aromatic nitrogens is 3. The summed E-state index contributed by atoms with van der Waals surface area (Å²) >= 11 is 1.59. The van der Waals surface area contributed by atoms with Crippen molar-refractivity contribution in [1.29, 1.82) is 0 Å². The smallest absolute Gasteiger partial charge is 0.188 e. The SMILES string of the molecule is CCCCN(C)c1ncnc(Nc2nc(C)c(C)s2)c1N. The number of thiazole rings is 1. The van der Waals surface area contributed by atoms with E-state index in [1.54, 1.807) is 11.3 Å². The van der Waals surface area contributed by atoms with Crippen molar-refractivity contribution >= 4 is 33.8 Å². The van der Waals surface area contributed by atoms with Crippen LogP contribution in [-0.2, 0) is 0 Å². The third-order valence-electron chi connectivity index (χ3n) is 3.33. The molecular weight excluding hydrogens is 284 g/mol. The van der Waals surface area contributed by atoms with E-state index < -0.39 is 0 Å². The Kier molecular flexibility index (Phi) is 4.95. The Morgan fingerprint density at radius 1 is 1.33 bits per heavy atom. The zero-order valence-electron chi connectivity index (χ0n) is 13.0. The van der Waals surface area contributed by atoms with Gasteiger partial charge in [-0.15, -0.1) is 11.3 Å². The number of nitrogens with two attached hydrogens (primary N) is 1. The fourth-order valence-electron chi connectivity index (χ4n) is 1.92. The molecule has 0 unspecified atom stereocenters. The first-order valence-electron chi connectivity index (χ1n) is 7.05. The highest BCUT2D eigenvalue weighted by Gasteiger charge is 2.13. The average Bonchev–Trinajstić information content (AvgIpc) is 2.77. The fraction of sp³-hybridized carbons (Fsp3) is 0.500. The maximum atomic E-state index is 6.20. The first-order chi connectivity index (χ1) is 10.0. The summed E-state index contributed by atoms with van der Waals surface area (Å²) in [6, 6.07) is 0. The maximum absolute atomic E-state index is 6.20. The first-order valence-corrected chi connectivity index (χ1v) is 7.87. The summed E-state index contributed by atoms with van der Waals surface area (Å²) in [4.78, 5) is 16.2. The number of nitrogens with one attached hydrogen (secondary N) is 1. The largest absolute Gasteiger partial charge is 0.393 e. The van der Waals surface area contributed by atoms with Crippen molar-refractivity contribution in [1.82, 2.24) is 15.0 Å².